The molecular formula is C20H13F6NO4. The SMILES string of the molecule is COc1cc(C=C(C#N)C(=O)O)ccc1OCc1ccc(C(F)(F)F)cc1C(F)(F)F. The van der Waals surface area contributed by atoms with Crippen LogP contribution in [0.15, 0.2) is 42.0 Å². The average molecular weight is 445 g/mol. The van der Waals surface area contributed by atoms with Crippen molar-refractivity contribution < 1.29 is 45.7 Å². The minimum Gasteiger partial charge on any atom is -0.493 e. The number of rotatable bonds is 6. The predicted molar refractivity (Wildman–Crippen MR) is 95.0 cm³/mol. The highest BCUT2D eigenvalue weighted by Crippen LogP contribution is 2.38. The lowest BCUT2D eigenvalue weighted by Gasteiger charge is -2.17. The lowest BCUT2D eigenvalue weighted by Crippen LogP contribution is -2.14. The van der Waals surface area contributed by atoms with Crippen molar-refractivity contribution in [1.82, 2.24) is 0 Å². The lowest BCUT2D eigenvalue weighted by molar-refractivity contribution is -0.143. The van der Waals surface area contributed by atoms with Crippen LogP contribution in [0.2, 0.25) is 0 Å². The average Bonchev–Trinajstić information content (AvgIpc) is 2.68. The number of halogens is 6. The number of carbonyl (C=O) groups is 1. The molecule has 0 bridgehead atoms. The molecule has 2 aromatic rings. The normalized spacial score (nSPS) is 12.3. The molecule has 11 heteroatoms. The van der Waals surface area contributed by atoms with E-state index in [0.717, 1.165) is 6.08 Å². The van der Waals surface area contributed by atoms with Gasteiger partial charge in [0.05, 0.1) is 18.2 Å². The molecule has 0 fully saturated rings. The van der Waals surface area contributed by atoms with E-state index >= 15 is 0 Å². The van der Waals surface area contributed by atoms with Gasteiger partial charge >= 0.3 is 18.3 Å². The highest BCUT2D eigenvalue weighted by Gasteiger charge is 2.38. The van der Waals surface area contributed by atoms with Gasteiger partial charge in [0.15, 0.2) is 11.5 Å². The molecule has 164 valence electrons. The van der Waals surface area contributed by atoms with Crippen LogP contribution in [0.4, 0.5) is 26.3 Å². The van der Waals surface area contributed by atoms with Crippen molar-refractivity contribution in [2.45, 2.75) is 19.0 Å². The molecule has 0 aliphatic heterocycles. The van der Waals surface area contributed by atoms with Gasteiger partial charge in [-0.2, -0.15) is 31.6 Å². The number of carboxylic acid groups (broad SMARTS) is 1. The van der Waals surface area contributed by atoms with Crippen molar-refractivity contribution in [2.24, 2.45) is 0 Å². The topological polar surface area (TPSA) is 79.5 Å². The predicted octanol–water partition coefficient (Wildman–Crippen LogP) is 5.30. The zero-order chi connectivity index (χ0) is 23.4. The molecule has 0 spiro atoms. The van der Waals surface area contributed by atoms with Crippen molar-refractivity contribution in [2.75, 3.05) is 7.11 Å². The van der Waals surface area contributed by atoms with Gasteiger partial charge in [0.2, 0.25) is 0 Å². The van der Waals surface area contributed by atoms with Gasteiger partial charge in [-0.05, 0) is 35.9 Å². The summed E-state index contributed by atoms with van der Waals surface area (Å²) in [5.74, 6) is -1.48. The summed E-state index contributed by atoms with van der Waals surface area (Å²) in [7, 11) is 1.22. The molecule has 0 aliphatic carbocycles. The third-order valence-corrected chi connectivity index (χ3v) is 3.98. The van der Waals surface area contributed by atoms with Crippen molar-refractivity contribution >= 4 is 12.0 Å². The second-order valence-electron chi connectivity index (χ2n) is 6.04. The van der Waals surface area contributed by atoms with Crippen LogP contribution in [-0.2, 0) is 23.8 Å². The molecule has 31 heavy (non-hydrogen) atoms. The number of carboxylic acids is 1. The van der Waals surface area contributed by atoms with Crippen LogP contribution in [0, 0.1) is 11.3 Å². The quantitative estimate of drug-likeness (QED) is 0.371. The molecule has 5 nitrogen and oxygen atoms in total. The number of methoxy groups -OCH3 is 1. The van der Waals surface area contributed by atoms with Crippen molar-refractivity contribution in [1.29, 1.82) is 5.26 Å². The molecule has 0 radical (unpaired) electrons. The Morgan fingerprint density at radius 1 is 1.06 bits per heavy atom. The third-order valence-electron chi connectivity index (χ3n) is 3.98. The lowest BCUT2D eigenvalue weighted by atomic mass is 10.0. The summed E-state index contributed by atoms with van der Waals surface area (Å²) in [6, 6.07) is 6.58. The molecule has 0 aliphatic rings. The molecule has 0 amide bonds. The summed E-state index contributed by atoms with van der Waals surface area (Å²) < 4.78 is 88.3. The molecule has 0 unspecified atom stereocenters. The number of hydrogen-bond donors (Lipinski definition) is 1. The van der Waals surface area contributed by atoms with Gasteiger partial charge in [-0.3, -0.25) is 0 Å². The third kappa shape index (κ3) is 5.91. The van der Waals surface area contributed by atoms with Gasteiger partial charge in [0, 0.05) is 5.56 Å². The van der Waals surface area contributed by atoms with Crippen LogP contribution in [0.3, 0.4) is 0 Å². The highest BCUT2D eigenvalue weighted by molar-refractivity contribution is 5.96. The minimum absolute atomic E-state index is 0.0110. The number of alkyl halides is 6. The monoisotopic (exact) mass is 445 g/mol. The molecular weight excluding hydrogens is 432 g/mol. The minimum atomic E-state index is -5.04. The van der Waals surface area contributed by atoms with Crippen molar-refractivity contribution in [3.05, 3.63) is 64.2 Å². The first kappa shape index (κ1) is 23.6. The van der Waals surface area contributed by atoms with Crippen LogP contribution in [-0.4, -0.2) is 18.2 Å². The molecule has 0 saturated carbocycles. The summed E-state index contributed by atoms with van der Waals surface area (Å²) >= 11 is 0. The number of hydrogen-bond acceptors (Lipinski definition) is 4. The van der Waals surface area contributed by atoms with Gasteiger partial charge < -0.3 is 14.6 Å². The van der Waals surface area contributed by atoms with Crippen LogP contribution >= 0.6 is 0 Å². The molecule has 2 rings (SSSR count). The first-order valence-electron chi connectivity index (χ1n) is 8.30. The summed E-state index contributed by atoms with van der Waals surface area (Å²) in [5, 5.41) is 17.7. The Kier molecular flexibility index (Phi) is 6.84. The first-order chi connectivity index (χ1) is 14.4. The fraction of sp³-hybridized carbons (Fsp3) is 0.200. The molecule has 2 aromatic carbocycles. The number of nitrogens with zero attached hydrogens (tertiary/aromatic N) is 1. The Morgan fingerprint density at radius 3 is 2.26 bits per heavy atom. The zero-order valence-electron chi connectivity index (χ0n) is 15.6. The standard InChI is InChI=1S/C20H13F6NO4/c1-30-17-7-11(6-13(9-27)18(28)29)2-5-16(17)31-10-12-3-4-14(19(21,22)23)8-15(12)20(24,25)26/h2-8H,10H2,1H3,(H,28,29). The van der Waals surface area contributed by atoms with Crippen LogP contribution in [0.1, 0.15) is 22.3 Å². The molecule has 0 atom stereocenters. The Hall–Kier alpha value is -3.68. The van der Waals surface area contributed by atoms with Gasteiger partial charge in [-0.1, -0.05) is 12.1 Å². The van der Waals surface area contributed by atoms with E-state index in [1.165, 1.54) is 31.4 Å². The summed E-state index contributed by atoms with van der Waals surface area (Å²) in [5.41, 5.74) is -3.77. The first-order valence-corrected chi connectivity index (χ1v) is 8.30. The largest absolute Gasteiger partial charge is 0.493 e. The molecule has 1 N–H and O–H groups in total. The van der Waals surface area contributed by atoms with Crippen LogP contribution < -0.4 is 9.47 Å². The molecule has 0 aromatic heterocycles. The number of nitriles is 1. The second-order valence-corrected chi connectivity index (χ2v) is 6.04. The smallest absolute Gasteiger partial charge is 0.416 e. The Balaban J connectivity index is 2.34. The van der Waals surface area contributed by atoms with Gasteiger partial charge in [0.1, 0.15) is 18.2 Å². The van der Waals surface area contributed by atoms with E-state index < -0.39 is 47.2 Å². The van der Waals surface area contributed by atoms with Crippen LogP contribution in [0.25, 0.3) is 6.08 Å². The van der Waals surface area contributed by atoms with Crippen molar-refractivity contribution in [3.8, 4) is 17.6 Å². The zero-order valence-corrected chi connectivity index (χ0v) is 15.6. The van der Waals surface area contributed by atoms with E-state index in [-0.39, 0.29) is 23.1 Å². The van der Waals surface area contributed by atoms with E-state index in [1.807, 2.05) is 0 Å². The maximum Gasteiger partial charge on any atom is 0.416 e. The number of ether oxygens (including phenoxy) is 2. The fourth-order valence-electron chi connectivity index (χ4n) is 2.50. The van der Waals surface area contributed by atoms with E-state index in [4.69, 9.17) is 19.8 Å². The van der Waals surface area contributed by atoms with Crippen molar-refractivity contribution in [3.63, 3.8) is 0 Å². The Bertz CT molecular complexity index is 1050. The Morgan fingerprint density at radius 2 is 1.74 bits per heavy atom. The van der Waals surface area contributed by atoms with Gasteiger partial charge in [-0.25, -0.2) is 4.79 Å². The van der Waals surface area contributed by atoms with E-state index in [9.17, 15) is 31.1 Å². The highest BCUT2D eigenvalue weighted by atomic mass is 19.4. The van der Waals surface area contributed by atoms with Gasteiger partial charge in [-0.15, -0.1) is 0 Å². The van der Waals surface area contributed by atoms with E-state index in [0.29, 0.717) is 12.1 Å². The molecule has 0 heterocycles. The van der Waals surface area contributed by atoms with Gasteiger partial charge in [0.25, 0.3) is 0 Å². The summed E-state index contributed by atoms with van der Waals surface area (Å²) in [6.07, 6.45) is -8.93. The summed E-state index contributed by atoms with van der Waals surface area (Å²) in [6.45, 7) is -0.711. The number of aliphatic carboxylic acids is 1. The van der Waals surface area contributed by atoms with Crippen LogP contribution in [0.5, 0.6) is 11.5 Å². The summed E-state index contributed by atoms with van der Waals surface area (Å²) in [4.78, 5) is 10.9. The van der Waals surface area contributed by atoms with E-state index in [2.05, 4.69) is 0 Å². The van der Waals surface area contributed by atoms with E-state index in [1.54, 1.807) is 0 Å². The second kappa shape index (κ2) is 8.99. The molecule has 0 saturated heterocycles. The fourth-order valence-corrected chi connectivity index (χ4v) is 2.50. The maximum atomic E-state index is 13.2. The number of benzene rings is 2. The maximum absolute atomic E-state index is 13.2. The Labute approximate surface area is 171 Å².